The first kappa shape index (κ1) is 19.1. The summed E-state index contributed by atoms with van der Waals surface area (Å²) in [5.74, 6) is -0.330. The zero-order valence-electron chi connectivity index (χ0n) is 16.5. The SMILES string of the molecule is CCOC(=O)c1nn(-c2ccccc2)c2c1CN(C(=O)CC(C)(C)C)CC2. The van der Waals surface area contributed by atoms with Gasteiger partial charge in [-0.15, -0.1) is 0 Å². The second kappa shape index (κ2) is 7.55. The first-order valence-electron chi connectivity index (χ1n) is 9.41. The number of nitrogens with zero attached hydrogens (tertiary/aromatic N) is 3. The molecule has 0 saturated heterocycles. The Kier molecular flexibility index (Phi) is 5.35. The van der Waals surface area contributed by atoms with Crippen molar-refractivity contribution in [3.05, 3.63) is 47.3 Å². The zero-order valence-corrected chi connectivity index (χ0v) is 16.5. The number of esters is 1. The third kappa shape index (κ3) is 4.21. The molecule has 2 aromatic rings. The van der Waals surface area contributed by atoms with Gasteiger partial charge in [0.2, 0.25) is 5.91 Å². The monoisotopic (exact) mass is 369 g/mol. The van der Waals surface area contributed by atoms with Crippen LogP contribution in [0.4, 0.5) is 0 Å². The average Bonchev–Trinajstić information content (AvgIpc) is 3.00. The molecule has 3 rings (SSSR count). The Labute approximate surface area is 160 Å². The molecular formula is C21H27N3O3. The second-order valence-corrected chi connectivity index (χ2v) is 8.04. The van der Waals surface area contributed by atoms with Crippen molar-refractivity contribution in [3.8, 4) is 5.69 Å². The Balaban J connectivity index is 1.97. The van der Waals surface area contributed by atoms with E-state index in [9.17, 15) is 9.59 Å². The predicted octanol–water partition coefficient (Wildman–Crippen LogP) is 3.37. The van der Waals surface area contributed by atoms with E-state index in [1.807, 2.05) is 39.9 Å². The van der Waals surface area contributed by atoms with E-state index in [-0.39, 0.29) is 11.3 Å². The fraction of sp³-hybridized carbons (Fsp3) is 0.476. The molecule has 0 N–H and O–H groups in total. The number of aromatic nitrogens is 2. The third-order valence-corrected chi connectivity index (χ3v) is 4.56. The lowest BCUT2D eigenvalue weighted by atomic mass is 9.91. The topological polar surface area (TPSA) is 64.4 Å². The maximum absolute atomic E-state index is 12.7. The van der Waals surface area contributed by atoms with Crippen LogP contribution in [0.2, 0.25) is 0 Å². The number of amides is 1. The lowest BCUT2D eigenvalue weighted by Gasteiger charge is -2.30. The number of hydrogen-bond acceptors (Lipinski definition) is 4. The number of para-hydroxylation sites is 1. The van der Waals surface area contributed by atoms with Crippen LogP contribution in [-0.4, -0.2) is 39.7 Å². The average molecular weight is 369 g/mol. The molecule has 0 bridgehead atoms. The van der Waals surface area contributed by atoms with Gasteiger partial charge in [0.05, 0.1) is 18.0 Å². The number of rotatable bonds is 4. The van der Waals surface area contributed by atoms with Crippen molar-refractivity contribution in [2.75, 3.05) is 13.2 Å². The van der Waals surface area contributed by atoms with Crippen LogP contribution >= 0.6 is 0 Å². The van der Waals surface area contributed by atoms with Crippen LogP contribution in [0.15, 0.2) is 30.3 Å². The molecular weight excluding hydrogens is 342 g/mol. The summed E-state index contributed by atoms with van der Waals surface area (Å²) in [4.78, 5) is 27.0. The highest BCUT2D eigenvalue weighted by Crippen LogP contribution is 2.28. The van der Waals surface area contributed by atoms with Gasteiger partial charge < -0.3 is 9.64 Å². The molecule has 1 aromatic carbocycles. The first-order chi connectivity index (χ1) is 12.8. The minimum atomic E-state index is -0.437. The molecule has 1 aliphatic heterocycles. The fourth-order valence-corrected chi connectivity index (χ4v) is 3.34. The Morgan fingerprint density at radius 1 is 1.19 bits per heavy atom. The molecule has 0 spiro atoms. The van der Waals surface area contributed by atoms with Gasteiger partial charge in [0.1, 0.15) is 0 Å². The summed E-state index contributed by atoms with van der Waals surface area (Å²) in [6.45, 7) is 9.25. The van der Waals surface area contributed by atoms with Gasteiger partial charge in [0.25, 0.3) is 0 Å². The van der Waals surface area contributed by atoms with E-state index in [1.54, 1.807) is 6.92 Å². The summed E-state index contributed by atoms with van der Waals surface area (Å²) in [7, 11) is 0. The zero-order chi connectivity index (χ0) is 19.6. The summed E-state index contributed by atoms with van der Waals surface area (Å²) in [5.41, 5.74) is 2.91. The minimum absolute atomic E-state index is 0.0739. The van der Waals surface area contributed by atoms with E-state index >= 15 is 0 Å². The summed E-state index contributed by atoms with van der Waals surface area (Å²) in [6.07, 6.45) is 1.14. The number of carbonyl (C=O) groups excluding carboxylic acids is 2. The highest BCUT2D eigenvalue weighted by atomic mass is 16.5. The molecule has 27 heavy (non-hydrogen) atoms. The number of fused-ring (bicyclic) bond motifs is 1. The minimum Gasteiger partial charge on any atom is -0.461 e. The Morgan fingerprint density at radius 2 is 1.89 bits per heavy atom. The number of carbonyl (C=O) groups is 2. The molecule has 0 saturated carbocycles. The van der Waals surface area contributed by atoms with Crippen molar-refractivity contribution in [2.24, 2.45) is 5.41 Å². The number of benzene rings is 1. The van der Waals surface area contributed by atoms with Crippen LogP contribution in [0.3, 0.4) is 0 Å². The molecule has 0 unspecified atom stereocenters. The normalized spacial score (nSPS) is 14.0. The first-order valence-corrected chi connectivity index (χ1v) is 9.41. The van der Waals surface area contributed by atoms with Crippen molar-refractivity contribution in [1.82, 2.24) is 14.7 Å². The molecule has 1 amide bonds. The maximum Gasteiger partial charge on any atom is 0.359 e. The van der Waals surface area contributed by atoms with Crippen molar-refractivity contribution < 1.29 is 14.3 Å². The van der Waals surface area contributed by atoms with Crippen LogP contribution in [-0.2, 0) is 22.5 Å². The van der Waals surface area contributed by atoms with Gasteiger partial charge in [-0.1, -0.05) is 39.0 Å². The third-order valence-electron chi connectivity index (χ3n) is 4.56. The van der Waals surface area contributed by atoms with Gasteiger partial charge in [-0.3, -0.25) is 4.79 Å². The molecule has 6 heteroatoms. The standard InChI is InChI=1S/C21H27N3O3/c1-5-27-20(26)19-16-14-23(18(25)13-21(2,3)4)12-11-17(16)24(22-19)15-9-7-6-8-10-15/h6-10H,5,11-14H2,1-4H3. The smallest absolute Gasteiger partial charge is 0.359 e. The molecule has 1 aromatic heterocycles. The van der Waals surface area contributed by atoms with Gasteiger partial charge in [-0.05, 0) is 24.5 Å². The van der Waals surface area contributed by atoms with Crippen molar-refractivity contribution in [1.29, 1.82) is 0 Å². The van der Waals surface area contributed by atoms with Gasteiger partial charge in [-0.25, -0.2) is 9.48 Å². The van der Waals surface area contributed by atoms with Crippen LogP contribution in [0, 0.1) is 5.41 Å². The molecule has 144 valence electrons. The van der Waals surface area contributed by atoms with Gasteiger partial charge in [0, 0.05) is 31.5 Å². The lowest BCUT2D eigenvalue weighted by Crippen LogP contribution is -2.38. The molecule has 1 aliphatic rings. The van der Waals surface area contributed by atoms with Crippen LogP contribution in [0.5, 0.6) is 0 Å². The Hall–Kier alpha value is -2.63. The summed E-state index contributed by atoms with van der Waals surface area (Å²) in [6, 6.07) is 9.74. The van der Waals surface area contributed by atoms with Crippen molar-refractivity contribution in [2.45, 2.75) is 47.1 Å². The quantitative estimate of drug-likeness (QED) is 0.775. The van der Waals surface area contributed by atoms with E-state index in [0.29, 0.717) is 38.2 Å². The Morgan fingerprint density at radius 3 is 2.52 bits per heavy atom. The van der Waals surface area contributed by atoms with Crippen molar-refractivity contribution in [3.63, 3.8) is 0 Å². The highest BCUT2D eigenvalue weighted by molar-refractivity contribution is 5.90. The number of ether oxygens (including phenoxy) is 1. The summed E-state index contributed by atoms with van der Waals surface area (Å²) in [5, 5.41) is 4.55. The lowest BCUT2D eigenvalue weighted by molar-refractivity contribution is -0.134. The molecule has 6 nitrogen and oxygen atoms in total. The van der Waals surface area contributed by atoms with Gasteiger partial charge in [0.15, 0.2) is 5.69 Å². The highest BCUT2D eigenvalue weighted by Gasteiger charge is 2.32. The molecule has 0 radical (unpaired) electrons. The van der Waals surface area contributed by atoms with E-state index in [2.05, 4.69) is 25.9 Å². The van der Waals surface area contributed by atoms with E-state index in [0.717, 1.165) is 16.9 Å². The molecule has 2 heterocycles. The van der Waals surface area contributed by atoms with E-state index < -0.39 is 5.97 Å². The second-order valence-electron chi connectivity index (χ2n) is 8.04. The van der Waals surface area contributed by atoms with Gasteiger partial charge >= 0.3 is 5.97 Å². The molecule has 0 aliphatic carbocycles. The van der Waals surface area contributed by atoms with Crippen LogP contribution in [0.1, 0.15) is 55.9 Å². The molecule has 0 atom stereocenters. The number of hydrogen-bond donors (Lipinski definition) is 0. The van der Waals surface area contributed by atoms with Crippen molar-refractivity contribution >= 4 is 11.9 Å². The van der Waals surface area contributed by atoms with E-state index in [1.165, 1.54) is 0 Å². The largest absolute Gasteiger partial charge is 0.461 e. The van der Waals surface area contributed by atoms with Crippen LogP contribution < -0.4 is 0 Å². The van der Waals surface area contributed by atoms with Gasteiger partial charge in [-0.2, -0.15) is 5.10 Å². The van der Waals surface area contributed by atoms with Crippen LogP contribution in [0.25, 0.3) is 5.69 Å². The van der Waals surface area contributed by atoms with E-state index in [4.69, 9.17) is 4.74 Å². The Bertz CT molecular complexity index is 834. The fourth-order valence-electron chi connectivity index (χ4n) is 3.34. The predicted molar refractivity (Wildman–Crippen MR) is 103 cm³/mol. The molecule has 0 fully saturated rings. The summed E-state index contributed by atoms with van der Waals surface area (Å²) < 4.78 is 7.01. The summed E-state index contributed by atoms with van der Waals surface area (Å²) >= 11 is 0. The maximum atomic E-state index is 12.7.